The summed E-state index contributed by atoms with van der Waals surface area (Å²) in [5.41, 5.74) is 0.739. The minimum Gasteiger partial charge on any atom is -0.395 e. The molecule has 0 aliphatic heterocycles. The van der Waals surface area contributed by atoms with E-state index in [0.29, 0.717) is 12.2 Å². The Morgan fingerprint density at radius 1 is 1.45 bits per heavy atom. The van der Waals surface area contributed by atoms with Gasteiger partial charge in [-0.15, -0.1) is 0 Å². The summed E-state index contributed by atoms with van der Waals surface area (Å²) in [7, 11) is 0. The Kier molecular flexibility index (Phi) is 4.87. The molecule has 2 heterocycles. The van der Waals surface area contributed by atoms with Crippen molar-refractivity contribution >= 4 is 11.7 Å². The van der Waals surface area contributed by atoms with E-state index in [0.717, 1.165) is 5.56 Å². The minimum absolute atomic E-state index is 0.0333. The predicted molar refractivity (Wildman–Crippen MR) is 73.7 cm³/mol. The summed E-state index contributed by atoms with van der Waals surface area (Å²) in [6.45, 7) is 0.167. The highest BCUT2D eigenvalue weighted by molar-refractivity contribution is 5.89. The van der Waals surface area contributed by atoms with Crippen molar-refractivity contribution in [2.45, 2.75) is 13.0 Å². The number of carbonyl (C=O) groups excluding carboxylic acids is 1. The molecule has 0 spiro atoms. The van der Waals surface area contributed by atoms with Gasteiger partial charge in [0, 0.05) is 30.6 Å². The number of hydrogen-bond acceptors (Lipinski definition) is 4. The number of aliphatic hydroxyl groups is 1. The number of rotatable bonds is 4. The summed E-state index contributed by atoms with van der Waals surface area (Å²) in [6, 6.07) is 5.18. The monoisotopic (exact) mass is 270 g/mol. The second kappa shape index (κ2) is 7.07. The molecule has 2 N–H and O–H groups in total. The van der Waals surface area contributed by atoms with Gasteiger partial charge in [0.05, 0.1) is 6.61 Å². The van der Waals surface area contributed by atoms with Gasteiger partial charge in [-0.05, 0) is 18.2 Å². The topological polar surface area (TPSA) is 80.0 Å². The maximum absolute atomic E-state index is 11.8. The zero-order valence-corrected chi connectivity index (χ0v) is 10.8. The summed E-state index contributed by atoms with van der Waals surface area (Å²) in [6.07, 6.45) is 5.32. The van der Waals surface area contributed by atoms with Gasteiger partial charge in [-0.3, -0.25) is 9.48 Å². The number of amides is 1. The van der Waals surface area contributed by atoms with Crippen molar-refractivity contribution in [3.8, 4) is 11.8 Å². The molecule has 0 unspecified atom stereocenters. The highest BCUT2D eigenvalue weighted by atomic mass is 16.2. The Morgan fingerprint density at radius 3 is 3.10 bits per heavy atom. The molecule has 0 aliphatic rings. The van der Waals surface area contributed by atoms with E-state index in [1.165, 1.54) is 4.68 Å². The first-order valence-corrected chi connectivity index (χ1v) is 6.11. The van der Waals surface area contributed by atoms with Crippen molar-refractivity contribution in [1.82, 2.24) is 14.8 Å². The lowest BCUT2D eigenvalue weighted by Crippen LogP contribution is -2.19. The van der Waals surface area contributed by atoms with Gasteiger partial charge in [0.2, 0.25) is 5.91 Å². The average molecular weight is 270 g/mol. The molecule has 0 atom stereocenters. The number of pyridine rings is 1. The SMILES string of the molecule is O=C(Cn1cccn1)Nc1cc(C#CCCO)ccn1. The van der Waals surface area contributed by atoms with Crippen molar-refractivity contribution in [2.24, 2.45) is 0 Å². The average Bonchev–Trinajstić information content (AvgIpc) is 2.92. The van der Waals surface area contributed by atoms with Crippen molar-refractivity contribution < 1.29 is 9.90 Å². The fraction of sp³-hybridized carbons (Fsp3) is 0.214. The van der Waals surface area contributed by atoms with E-state index in [2.05, 4.69) is 27.2 Å². The summed E-state index contributed by atoms with van der Waals surface area (Å²) >= 11 is 0. The van der Waals surface area contributed by atoms with E-state index >= 15 is 0 Å². The standard InChI is InChI=1S/C14H14N4O2/c19-9-2-1-4-12-5-7-15-13(10-12)17-14(20)11-18-8-3-6-16-18/h3,5-8,10,19H,2,9,11H2,(H,15,17,20). The van der Waals surface area contributed by atoms with Crippen LogP contribution in [-0.4, -0.2) is 32.4 Å². The number of anilines is 1. The van der Waals surface area contributed by atoms with Crippen molar-refractivity contribution in [1.29, 1.82) is 0 Å². The quantitative estimate of drug-likeness (QED) is 0.799. The third kappa shape index (κ3) is 4.23. The molecule has 0 saturated heterocycles. The molecule has 2 aromatic rings. The van der Waals surface area contributed by atoms with Gasteiger partial charge >= 0.3 is 0 Å². The number of nitrogens with zero attached hydrogens (tertiary/aromatic N) is 3. The van der Waals surface area contributed by atoms with E-state index in [-0.39, 0.29) is 19.1 Å². The lowest BCUT2D eigenvalue weighted by molar-refractivity contribution is -0.116. The molecule has 6 heteroatoms. The van der Waals surface area contributed by atoms with Gasteiger partial charge in [-0.2, -0.15) is 5.10 Å². The highest BCUT2D eigenvalue weighted by Gasteiger charge is 2.04. The Morgan fingerprint density at radius 2 is 2.35 bits per heavy atom. The Bertz CT molecular complexity index is 626. The fourth-order valence-corrected chi connectivity index (χ4v) is 1.52. The molecule has 6 nitrogen and oxygen atoms in total. The van der Waals surface area contributed by atoms with E-state index in [4.69, 9.17) is 5.11 Å². The minimum atomic E-state index is -0.207. The lowest BCUT2D eigenvalue weighted by Gasteiger charge is -2.04. The first-order valence-electron chi connectivity index (χ1n) is 6.11. The van der Waals surface area contributed by atoms with Crippen LogP contribution >= 0.6 is 0 Å². The first-order chi connectivity index (χ1) is 9.78. The van der Waals surface area contributed by atoms with Crippen molar-refractivity contribution in [3.05, 3.63) is 42.4 Å². The molecule has 2 rings (SSSR count). The smallest absolute Gasteiger partial charge is 0.247 e. The van der Waals surface area contributed by atoms with Crippen LogP contribution in [0, 0.1) is 11.8 Å². The molecule has 20 heavy (non-hydrogen) atoms. The molecule has 0 aliphatic carbocycles. The van der Waals surface area contributed by atoms with Crippen LogP contribution in [0.25, 0.3) is 0 Å². The Hall–Kier alpha value is -2.65. The van der Waals surface area contributed by atoms with Crippen LogP contribution in [0.15, 0.2) is 36.8 Å². The number of carbonyl (C=O) groups is 1. The van der Waals surface area contributed by atoms with E-state index in [9.17, 15) is 4.79 Å². The van der Waals surface area contributed by atoms with Gasteiger partial charge in [0.1, 0.15) is 12.4 Å². The first kappa shape index (κ1) is 13.8. The zero-order chi connectivity index (χ0) is 14.2. The van der Waals surface area contributed by atoms with Gasteiger partial charge in [-0.25, -0.2) is 4.98 Å². The summed E-state index contributed by atoms with van der Waals surface area (Å²) in [5, 5.41) is 15.3. The Labute approximate surface area is 116 Å². The maximum atomic E-state index is 11.8. The Balaban J connectivity index is 1.97. The second-order valence-electron chi connectivity index (χ2n) is 3.96. The van der Waals surface area contributed by atoms with E-state index in [1.807, 2.05) is 0 Å². The van der Waals surface area contributed by atoms with Gasteiger partial charge < -0.3 is 10.4 Å². The third-order valence-electron chi connectivity index (χ3n) is 2.36. The summed E-state index contributed by atoms with van der Waals surface area (Å²) in [4.78, 5) is 15.8. The van der Waals surface area contributed by atoms with Gasteiger partial charge in [0.15, 0.2) is 0 Å². The predicted octanol–water partition coefficient (Wildman–Crippen LogP) is 0.651. The van der Waals surface area contributed by atoms with Gasteiger partial charge in [-0.1, -0.05) is 11.8 Å². The molecule has 0 radical (unpaired) electrons. The molecule has 1 amide bonds. The largest absolute Gasteiger partial charge is 0.395 e. The van der Waals surface area contributed by atoms with Crippen LogP contribution in [0.2, 0.25) is 0 Å². The van der Waals surface area contributed by atoms with Crippen LogP contribution in [-0.2, 0) is 11.3 Å². The number of nitrogens with one attached hydrogen (secondary N) is 1. The summed E-state index contributed by atoms with van der Waals surface area (Å²) < 4.78 is 1.53. The van der Waals surface area contributed by atoms with Crippen LogP contribution in [0.5, 0.6) is 0 Å². The fourth-order valence-electron chi connectivity index (χ4n) is 1.52. The number of aromatic nitrogens is 3. The zero-order valence-electron chi connectivity index (χ0n) is 10.8. The van der Waals surface area contributed by atoms with Gasteiger partial charge in [0.25, 0.3) is 0 Å². The van der Waals surface area contributed by atoms with E-state index < -0.39 is 0 Å². The molecule has 0 fully saturated rings. The normalized spacial score (nSPS) is 9.65. The number of aliphatic hydroxyl groups excluding tert-OH is 1. The molecule has 102 valence electrons. The molecule has 0 saturated carbocycles. The molecular formula is C14H14N4O2. The third-order valence-corrected chi connectivity index (χ3v) is 2.36. The lowest BCUT2D eigenvalue weighted by atomic mass is 10.2. The molecule has 2 aromatic heterocycles. The second-order valence-corrected chi connectivity index (χ2v) is 3.96. The highest BCUT2D eigenvalue weighted by Crippen LogP contribution is 2.05. The van der Waals surface area contributed by atoms with Crippen LogP contribution in [0.1, 0.15) is 12.0 Å². The summed E-state index contributed by atoms with van der Waals surface area (Å²) in [5.74, 6) is 5.94. The number of hydrogen-bond donors (Lipinski definition) is 2. The maximum Gasteiger partial charge on any atom is 0.247 e. The molecule has 0 bridgehead atoms. The van der Waals surface area contributed by atoms with E-state index in [1.54, 1.807) is 36.8 Å². The van der Waals surface area contributed by atoms with Crippen molar-refractivity contribution in [2.75, 3.05) is 11.9 Å². The molecule has 0 aromatic carbocycles. The van der Waals surface area contributed by atoms with Crippen LogP contribution in [0.4, 0.5) is 5.82 Å². The van der Waals surface area contributed by atoms with Crippen LogP contribution in [0.3, 0.4) is 0 Å². The van der Waals surface area contributed by atoms with Crippen LogP contribution < -0.4 is 5.32 Å². The van der Waals surface area contributed by atoms with Crippen molar-refractivity contribution in [3.63, 3.8) is 0 Å². The molecular weight excluding hydrogens is 256 g/mol.